The van der Waals surface area contributed by atoms with Crippen molar-refractivity contribution in [2.24, 2.45) is 5.73 Å². The number of anilines is 1. The lowest BCUT2D eigenvalue weighted by molar-refractivity contribution is 0.0974. The second-order valence-corrected chi connectivity index (χ2v) is 5.43. The minimum atomic E-state index is -4.10. The summed E-state index contributed by atoms with van der Waals surface area (Å²) in [6.07, 6.45) is 0.808. The minimum Gasteiger partial charge on any atom is -0.458 e. The van der Waals surface area contributed by atoms with Crippen LogP contribution >= 0.6 is 0 Å². The fourth-order valence-electron chi connectivity index (χ4n) is 1.36. The van der Waals surface area contributed by atoms with E-state index in [1.807, 2.05) is 4.72 Å². The molecule has 0 aliphatic carbocycles. The zero-order chi connectivity index (χ0) is 14.9. The van der Waals surface area contributed by atoms with Crippen molar-refractivity contribution in [3.8, 4) is 0 Å². The number of carbonyl (C=O) groups is 1. The van der Waals surface area contributed by atoms with Crippen molar-refractivity contribution in [1.82, 2.24) is 0 Å². The molecule has 0 spiro atoms. The molecule has 0 unspecified atom stereocenters. The van der Waals surface area contributed by atoms with Crippen LogP contribution in [0, 0.1) is 11.6 Å². The molecule has 0 saturated heterocycles. The maximum Gasteiger partial charge on any atom is 0.284 e. The number of hydrogen-bond acceptors (Lipinski definition) is 4. The average molecular weight is 302 g/mol. The molecule has 9 heteroatoms. The zero-order valence-electron chi connectivity index (χ0n) is 9.76. The summed E-state index contributed by atoms with van der Waals surface area (Å²) in [7, 11) is -4.10. The van der Waals surface area contributed by atoms with Crippen molar-refractivity contribution >= 4 is 21.6 Å². The van der Waals surface area contributed by atoms with Gasteiger partial charge in [0, 0.05) is 12.1 Å². The Balaban J connectivity index is 2.30. The highest BCUT2D eigenvalue weighted by Crippen LogP contribution is 2.20. The molecule has 0 aliphatic heterocycles. The first-order valence-corrected chi connectivity index (χ1v) is 6.64. The number of primary amides is 1. The number of furan rings is 1. The molecule has 1 aromatic carbocycles. The molecule has 20 heavy (non-hydrogen) atoms. The van der Waals surface area contributed by atoms with Crippen LogP contribution in [0.15, 0.2) is 39.8 Å². The molecule has 0 atom stereocenters. The van der Waals surface area contributed by atoms with Crippen molar-refractivity contribution < 1.29 is 26.4 Å². The van der Waals surface area contributed by atoms with Crippen molar-refractivity contribution in [3.63, 3.8) is 0 Å². The fourth-order valence-corrected chi connectivity index (χ4v) is 2.35. The Morgan fingerprint density at radius 1 is 1.20 bits per heavy atom. The molecule has 0 aliphatic rings. The highest BCUT2D eigenvalue weighted by Gasteiger charge is 2.20. The van der Waals surface area contributed by atoms with Gasteiger partial charge >= 0.3 is 0 Å². The van der Waals surface area contributed by atoms with Gasteiger partial charge in [-0.2, -0.15) is 0 Å². The van der Waals surface area contributed by atoms with E-state index in [2.05, 4.69) is 4.42 Å². The Kier molecular flexibility index (Phi) is 3.45. The quantitative estimate of drug-likeness (QED) is 0.892. The van der Waals surface area contributed by atoms with E-state index in [1.54, 1.807) is 0 Å². The zero-order valence-corrected chi connectivity index (χ0v) is 10.6. The number of nitrogens with two attached hydrogens (primary N) is 1. The lowest BCUT2D eigenvalue weighted by Crippen LogP contribution is -2.13. The smallest absolute Gasteiger partial charge is 0.284 e. The van der Waals surface area contributed by atoms with Gasteiger partial charge in [-0.15, -0.1) is 0 Å². The van der Waals surface area contributed by atoms with E-state index >= 15 is 0 Å². The van der Waals surface area contributed by atoms with Gasteiger partial charge in [0.05, 0.1) is 5.69 Å². The Bertz CT molecular complexity index is 770. The molecule has 6 nitrogen and oxygen atoms in total. The molecule has 1 heterocycles. The number of benzene rings is 1. The SMILES string of the molecule is NC(=O)c1cc(S(=O)(=O)Nc2ccc(F)c(F)c2)co1. The number of sulfonamides is 1. The third-order valence-corrected chi connectivity index (χ3v) is 3.64. The van der Waals surface area contributed by atoms with Crippen molar-refractivity contribution in [3.05, 3.63) is 47.9 Å². The summed E-state index contributed by atoms with van der Waals surface area (Å²) < 4.78 is 56.2. The number of amides is 1. The number of halogens is 2. The van der Waals surface area contributed by atoms with E-state index in [0.717, 1.165) is 24.5 Å². The number of nitrogens with one attached hydrogen (secondary N) is 1. The number of rotatable bonds is 4. The maximum atomic E-state index is 13.0. The molecule has 1 aromatic heterocycles. The highest BCUT2D eigenvalue weighted by molar-refractivity contribution is 7.92. The van der Waals surface area contributed by atoms with E-state index < -0.39 is 27.6 Å². The normalized spacial score (nSPS) is 11.3. The van der Waals surface area contributed by atoms with Gasteiger partial charge in [0.15, 0.2) is 17.4 Å². The summed E-state index contributed by atoms with van der Waals surface area (Å²) in [6, 6.07) is 3.43. The first kappa shape index (κ1) is 14.0. The first-order chi connectivity index (χ1) is 9.29. The summed E-state index contributed by atoms with van der Waals surface area (Å²) in [5.41, 5.74) is 4.75. The van der Waals surface area contributed by atoms with Crippen LogP contribution in [0.4, 0.5) is 14.5 Å². The summed E-state index contributed by atoms with van der Waals surface area (Å²) in [4.78, 5) is 10.4. The Morgan fingerprint density at radius 3 is 2.45 bits per heavy atom. The van der Waals surface area contributed by atoms with E-state index in [4.69, 9.17) is 5.73 Å². The van der Waals surface area contributed by atoms with Crippen molar-refractivity contribution in [1.29, 1.82) is 0 Å². The molecular weight excluding hydrogens is 294 g/mol. The summed E-state index contributed by atoms with van der Waals surface area (Å²) >= 11 is 0. The Morgan fingerprint density at radius 2 is 1.90 bits per heavy atom. The molecule has 0 radical (unpaired) electrons. The molecule has 1 amide bonds. The molecule has 2 rings (SSSR count). The molecule has 0 saturated carbocycles. The van der Waals surface area contributed by atoms with Gasteiger partial charge in [0.2, 0.25) is 0 Å². The molecular formula is C11H8F2N2O4S. The van der Waals surface area contributed by atoms with Gasteiger partial charge in [-0.1, -0.05) is 0 Å². The monoisotopic (exact) mass is 302 g/mol. The molecule has 0 bridgehead atoms. The summed E-state index contributed by atoms with van der Waals surface area (Å²) in [5, 5.41) is 0. The van der Waals surface area contributed by atoms with Crippen LogP contribution in [0.3, 0.4) is 0 Å². The third-order valence-electron chi connectivity index (χ3n) is 2.30. The first-order valence-electron chi connectivity index (χ1n) is 5.16. The van der Waals surface area contributed by atoms with Crippen molar-refractivity contribution in [2.75, 3.05) is 4.72 Å². The lowest BCUT2D eigenvalue weighted by Gasteiger charge is -2.06. The Labute approximate surface area is 112 Å². The van der Waals surface area contributed by atoms with Crippen molar-refractivity contribution in [2.45, 2.75) is 4.90 Å². The standard InChI is InChI=1S/C11H8F2N2O4S/c12-8-2-1-6(3-9(8)13)15-20(17,18)7-4-10(11(14)16)19-5-7/h1-5,15H,(H2,14,16). The topological polar surface area (TPSA) is 102 Å². The highest BCUT2D eigenvalue weighted by atomic mass is 32.2. The van der Waals surface area contributed by atoms with Gasteiger partial charge in [0.25, 0.3) is 15.9 Å². The van der Waals surface area contributed by atoms with Crippen LogP contribution in [-0.4, -0.2) is 14.3 Å². The van der Waals surface area contributed by atoms with Gasteiger partial charge < -0.3 is 10.2 Å². The van der Waals surface area contributed by atoms with E-state index in [-0.39, 0.29) is 16.3 Å². The predicted octanol–water partition coefficient (Wildman–Crippen LogP) is 1.46. The largest absolute Gasteiger partial charge is 0.458 e. The van der Waals surface area contributed by atoms with E-state index in [0.29, 0.717) is 6.07 Å². The van der Waals surface area contributed by atoms with E-state index in [9.17, 15) is 22.0 Å². The van der Waals surface area contributed by atoms with Crippen LogP contribution < -0.4 is 10.5 Å². The molecule has 3 N–H and O–H groups in total. The maximum absolute atomic E-state index is 13.0. The number of hydrogen-bond donors (Lipinski definition) is 2. The third kappa shape index (κ3) is 2.77. The molecule has 2 aromatic rings. The van der Waals surface area contributed by atoms with Crippen LogP contribution in [0.25, 0.3) is 0 Å². The predicted molar refractivity (Wildman–Crippen MR) is 64.4 cm³/mol. The van der Waals surface area contributed by atoms with E-state index in [1.165, 1.54) is 0 Å². The van der Waals surface area contributed by atoms with Crippen LogP contribution in [0.5, 0.6) is 0 Å². The van der Waals surface area contributed by atoms with Crippen LogP contribution in [0.1, 0.15) is 10.6 Å². The molecule has 106 valence electrons. The van der Waals surface area contributed by atoms with Gasteiger partial charge in [0.1, 0.15) is 11.2 Å². The van der Waals surface area contributed by atoms with Gasteiger partial charge in [-0.3, -0.25) is 9.52 Å². The fraction of sp³-hybridized carbons (Fsp3) is 0. The second-order valence-electron chi connectivity index (χ2n) is 3.75. The van der Waals surface area contributed by atoms with Gasteiger partial charge in [-0.25, -0.2) is 17.2 Å². The minimum absolute atomic E-state index is 0.175. The number of carbonyl (C=O) groups excluding carboxylic acids is 1. The van der Waals surface area contributed by atoms with Crippen LogP contribution in [0.2, 0.25) is 0 Å². The Hall–Kier alpha value is -2.42. The van der Waals surface area contributed by atoms with Gasteiger partial charge in [-0.05, 0) is 12.1 Å². The van der Waals surface area contributed by atoms with Crippen LogP contribution in [-0.2, 0) is 10.0 Å². The average Bonchev–Trinajstić information content (AvgIpc) is 2.84. The lowest BCUT2D eigenvalue weighted by atomic mass is 10.3. The summed E-state index contributed by atoms with van der Waals surface area (Å²) in [6.45, 7) is 0. The molecule has 0 fully saturated rings. The summed E-state index contributed by atoms with van der Waals surface area (Å²) in [5.74, 6) is -3.57. The second kappa shape index (κ2) is 4.93.